The Morgan fingerprint density at radius 3 is 2.20 bits per heavy atom. The number of phenolic OH excluding ortho intramolecular Hbond substituents is 1. The molecule has 0 aliphatic heterocycles. The number of carbonyl (C=O) groups excluding carboxylic acids is 1. The summed E-state index contributed by atoms with van der Waals surface area (Å²) in [7, 11) is 0. The fourth-order valence-electron chi connectivity index (χ4n) is 3.35. The van der Waals surface area contributed by atoms with Gasteiger partial charge in [0.05, 0.1) is 0 Å². The maximum absolute atomic E-state index is 11.4. The van der Waals surface area contributed by atoms with Gasteiger partial charge in [-0.15, -0.1) is 0 Å². The molecule has 2 nitrogen and oxygen atoms in total. The van der Waals surface area contributed by atoms with Crippen molar-refractivity contribution in [3.8, 4) is 5.75 Å². The van der Waals surface area contributed by atoms with Crippen LogP contribution in [0.4, 0.5) is 0 Å². The number of Topliss-reactive ketones (excluding diaryl/α,β-unsaturated/α-hetero) is 1. The van der Waals surface area contributed by atoms with E-state index in [4.69, 9.17) is 0 Å². The molecule has 2 heteroatoms. The van der Waals surface area contributed by atoms with Gasteiger partial charge in [0, 0.05) is 12.8 Å². The summed E-state index contributed by atoms with van der Waals surface area (Å²) in [6, 6.07) is 7.59. The highest BCUT2D eigenvalue weighted by molar-refractivity contribution is 5.81. The topological polar surface area (TPSA) is 37.3 Å². The molecular formula is C18H24O2. The zero-order valence-corrected chi connectivity index (χ0v) is 12.4. The number of ketones is 1. The summed E-state index contributed by atoms with van der Waals surface area (Å²) >= 11 is 0. The molecule has 1 N–H and O–H groups in total. The molecule has 108 valence electrons. The Morgan fingerprint density at radius 1 is 1.05 bits per heavy atom. The number of carbonyl (C=O) groups is 1. The monoisotopic (exact) mass is 272 g/mol. The van der Waals surface area contributed by atoms with Crippen molar-refractivity contribution >= 4 is 5.78 Å². The van der Waals surface area contributed by atoms with Crippen molar-refractivity contribution in [3.05, 3.63) is 41.5 Å². The highest BCUT2D eigenvalue weighted by Gasteiger charge is 2.25. The van der Waals surface area contributed by atoms with Crippen LogP contribution >= 0.6 is 0 Å². The average molecular weight is 272 g/mol. The second-order valence-electron chi connectivity index (χ2n) is 5.64. The fourth-order valence-corrected chi connectivity index (χ4v) is 3.35. The van der Waals surface area contributed by atoms with Gasteiger partial charge in [-0.25, -0.2) is 0 Å². The molecule has 1 aromatic carbocycles. The van der Waals surface area contributed by atoms with E-state index in [1.165, 1.54) is 11.1 Å². The van der Waals surface area contributed by atoms with Crippen LogP contribution in [0.5, 0.6) is 5.75 Å². The molecular weight excluding hydrogens is 248 g/mol. The van der Waals surface area contributed by atoms with Gasteiger partial charge in [-0.1, -0.05) is 37.6 Å². The van der Waals surface area contributed by atoms with E-state index in [1.54, 1.807) is 12.1 Å². The zero-order valence-electron chi connectivity index (χ0n) is 12.4. The second-order valence-corrected chi connectivity index (χ2v) is 5.64. The van der Waals surface area contributed by atoms with E-state index < -0.39 is 0 Å². The number of rotatable bonds is 5. The summed E-state index contributed by atoms with van der Waals surface area (Å²) in [5.74, 6) is 1.66. The van der Waals surface area contributed by atoms with Gasteiger partial charge in [0.25, 0.3) is 0 Å². The highest BCUT2D eigenvalue weighted by Crippen LogP contribution is 2.38. The third kappa shape index (κ3) is 3.30. The molecule has 20 heavy (non-hydrogen) atoms. The maximum Gasteiger partial charge on any atom is 0.136 e. The average Bonchev–Trinajstić information content (AvgIpc) is 2.47. The minimum Gasteiger partial charge on any atom is -0.508 e. The molecule has 1 aromatic rings. The van der Waals surface area contributed by atoms with E-state index >= 15 is 0 Å². The number of hydrogen-bond donors (Lipinski definition) is 1. The first-order valence-electron chi connectivity index (χ1n) is 7.65. The van der Waals surface area contributed by atoms with Gasteiger partial charge < -0.3 is 5.11 Å². The molecule has 2 atom stereocenters. The third-order valence-electron chi connectivity index (χ3n) is 4.45. The molecule has 0 fully saturated rings. The van der Waals surface area contributed by atoms with Crippen molar-refractivity contribution in [3.63, 3.8) is 0 Å². The smallest absolute Gasteiger partial charge is 0.136 e. The van der Waals surface area contributed by atoms with E-state index in [1.807, 2.05) is 12.1 Å². The summed E-state index contributed by atoms with van der Waals surface area (Å²) in [4.78, 5) is 11.4. The Kier molecular flexibility index (Phi) is 4.99. The van der Waals surface area contributed by atoms with Gasteiger partial charge in [-0.2, -0.15) is 0 Å². The first kappa shape index (κ1) is 14.8. The molecule has 2 rings (SSSR count). The quantitative estimate of drug-likeness (QED) is 0.796. The van der Waals surface area contributed by atoms with Crippen LogP contribution in [0.25, 0.3) is 0 Å². The SMILES string of the molecule is CC[C@H](C1=CCC(=O)CC1)[C@@H](CC)c1ccc(O)cc1. The molecule has 0 spiro atoms. The second kappa shape index (κ2) is 6.74. The molecule has 1 aliphatic carbocycles. The van der Waals surface area contributed by atoms with Crippen LogP contribution in [0.15, 0.2) is 35.9 Å². The van der Waals surface area contributed by atoms with Gasteiger partial charge in [-0.05, 0) is 48.8 Å². The Hall–Kier alpha value is -1.57. The van der Waals surface area contributed by atoms with E-state index in [0.29, 0.717) is 36.2 Å². The molecule has 0 radical (unpaired) electrons. The number of allylic oxidation sites excluding steroid dienone is 2. The van der Waals surface area contributed by atoms with Crippen molar-refractivity contribution in [2.24, 2.45) is 5.92 Å². The third-order valence-corrected chi connectivity index (χ3v) is 4.45. The van der Waals surface area contributed by atoms with Crippen molar-refractivity contribution < 1.29 is 9.90 Å². The summed E-state index contributed by atoms with van der Waals surface area (Å²) in [5.41, 5.74) is 2.74. The molecule has 0 amide bonds. The van der Waals surface area contributed by atoms with E-state index in [9.17, 15) is 9.90 Å². The lowest BCUT2D eigenvalue weighted by molar-refractivity contribution is -0.118. The Labute approximate surface area is 121 Å². The van der Waals surface area contributed by atoms with E-state index in [-0.39, 0.29) is 0 Å². The van der Waals surface area contributed by atoms with Crippen LogP contribution in [0.2, 0.25) is 0 Å². The Morgan fingerprint density at radius 2 is 1.70 bits per heavy atom. The van der Waals surface area contributed by atoms with Gasteiger partial charge in [-0.3, -0.25) is 4.79 Å². The lowest BCUT2D eigenvalue weighted by atomic mass is 9.75. The summed E-state index contributed by atoms with van der Waals surface area (Å²) in [6.07, 6.45) is 6.56. The zero-order chi connectivity index (χ0) is 14.5. The first-order chi connectivity index (χ1) is 9.65. The maximum atomic E-state index is 11.4. The Bertz CT molecular complexity index is 485. The predicted molar refractivity (Wildman–Crippen MR) is 81.9 cm³/mol. The van der Waals surface area contributed by atoms with Gasteiger partial charge >= 0.3 is 0 Å². The number of aromatic hydroxyl groups is 1. The number of phenols is 1. The van der Waals surface area contributed by atoms with Crippen LogP contribution < -0.4 is 0 Å². The summed E-state index contributed by atoms with van der Waals surface area (Å²) in [5, 5.41) is 9.44. The molecule has 0 unspecified atom stereocenters. The molecule has 0 saturated carbocycles. The van der Waals surface area contributed by atoms with E-state index in [0.717, 1.165) is 19.3 Å². The van der Waals surface area contributed by atoms with Crippen molar-refractivity contribution in [2.75, 3.05) is 0 Å². The Balaban J connectivity index is 2.23. The predicted octanol–water partition coefficient (Wildman–Crippen LogP) is 4.59. The van der Waals surface area contributed by atoms with Crippen LogP contribution in [-0.2, 0) is 4.79 Å². The molecule has 0 bridgehead atoms. The fraction of sp³-hybridized carbons (Fsp3) is 0.500. The molecule has 0 heterocycles. The van der Waals surface area contributed by atoms with Gasteiger partial charge in [0.15, 0.2) is 0 Å². The number of benzene rings is 1. The lowest BCUT2D eigenvalue weighted by Gasteiger charge is -2.30. The largest absolute Gasteiger partial charge is 0.508 e. The van der Waals surface area contributed by atoms with Crippen LogP contribution in [0.3, 0.4) is 0 Å². The number of hydrogen-bond acceptors (Lipinski definition) is 2. The molecule has 0 aromatic heterocycles. The minimum atomic E-state index is 0.319. The van der Waals surface area contributed by atoms with Crippen molar-refractivity contribution in [1.82, 2.24) is 0 Å². The molecule has 1 aliphatic rings. The van der Waals surface area contributed by atoms with Gasteiger partial charge in [0.2, 0.25) is 0 Å². The standard InChI is InChI=1S/C18H24O2/c1-3-17(13-5-9-15(19)10-6-13)18(4-2)14-7-11-16(20)12-8-14/h5-7,9-10,17-19H,3-4,8,11-12H2,1-2H3/t17-,18+/m0/s1. The van der Waals surface area contributed by atoms with Gasteiger partial charge in [0.1, 0.15) is 11.5 Å². The first-order valence-corrected chi connectivity index (χ1v) is 7.65. The molecule has 0 saturated heterocycles. The van der Waals surface area contributed by atoms with Crippen molar-refractivity contribution in [1.29, 1.82) is 0 Å². The van der Waals surface area contributed by atoms with Crippen LogP contribution in [-0.4, -0.2) is 10.9 Å². The summed E-state index contributed by atoms with van der Waals surface area (Å²) in [6.45, 7) is 4.44. The minimum absolute atomic E-state index is 0.319. The summed E-state index contributed by atoms with van der Waals surface area (Å²) < 4.78 is 0. The van der Waals surface area contributed by atoms with Crippen molar-refractivity contribution in [2.45, 2.75) is 51.9 Å². The van der Waals surface area contributed by atoms with Crippen LogP contribution in [0.1, 0.15) is 57.4 Å². The highest BCUT2D eigenvalue weighted by atomic mass is 16.3. The van der Waals surface area contributed by atoms with E-state index in [2.05, 4.69) is 19.9 Å². The van der Waals surface area contributed by atoms with Crippen LogP contribution in [0, 0.1) is 5.92 Å². The lowest BCUT2D eigenvalue weighted by Crippen LogP contribution is -2.17. The normalized spacial score (nSPS) is 18.5.